The van der Waals surface area contributed by atoms with Crippen molar-refractivity contribution in [2.75, 3.05) is 4.90 Å². The van der Waals surface area contributed by atoms with E-state index in [2.05, 4.69) is 229 Å². The van der Waals surface area contributed by atoms with Gasteiger partial charge in [-0.25, -0.2) is 0 Å². The van der Waals surface area contributed by atoms with E-state index < -0.39 is 5.41 Å². The van der Waals surface area contributed by atoms with E-state index in [-0.39, 0.29) is 0 Å². The number of benzene rings is 9. The number of aryl methyl sites for hydroxylation is 1. The van der Waals surface area contributed by atoms with Gasteiger partial charge >= 0.3 is 0 Å². The summed E-state index contributed by atoms with van der Waals surface area (Å²) in [6.45, 7) is 0. The van der Waals surface area contributed by atoms with Gasteiger partial charge in [0.05, 0.1) is 5.41 Å². The van der Waals surface area contributed by atoms with Gasteiger partial charge in [-0.3, -0.25) is 0 Å². The summed E-state index contributed by atoms with van der Waals surface area (Å²) >= 11 is 0. The van der Waals surface area contributed by atoms with E-state index in [0.717, 1.165) is 29.9 Å². The topological polar surface area (TPSA) is 3.24 Å². The summed E-state index contributed by atoms with van der Waals surface area (Å²) in [6.07, 6.45) is 6.91. The van der Waals surface area contributed by atoms with E-state index in [1.54, 1.807) is 0 Å². The highest BCUT2D eigenvalue weighted by atomic mass is 15.1. The standard InChI is InChI=1S/C59H41N/c1-4-16-40(17-5-1)42-28-32-46(33-29-42)60(47-34-30-43(31-35-47)41-18-6-2-7-19-41)48-36-37-52-56(39-48)59(54-26-14-12-24-50(54)51-25-13-15-27-55(51)59)58-49-23-11-10-22-45(49)38-53(57(52)58)44-20-8-3-9-21-44/h1-9,11-21,23-39H,10,22H2. The SMILES string of the molecule is C1=Cc2c(cc(-c3ccccc3)c3c2C2(c4ccccc4-c4ccccc42)c2cc(N(c4ccc(-c5ccccc5)cc4)c4ccc(-c5ccccc5)cc4)ccc2-3)CC1. The minimum Gasteiger partial charge on any atom is -0.310 e. The molecule has 0 radical (unpaired) electrons. The smallest absolute Gasteiger partial charge is 0.0732 e. The Balaban J connectivity index is 1.14. The lowest BCUT2D eigenvalue weighted by Gasteiger charge is -2.34. The summed E-state index contributed by atoms with van der Waals surface area (Å²) in [6, 6.07) is 78.7. The third kappa shape index (κ3) is 5.19. The first-order valence-corrected chi connectivity index (χ1v) is 21.1. The number of hydrogen-bond donors (Lipinski definition) is 0. The third-order valence-corrected chi connectivity index (χ3v) is 13.1. The molecule has 1 spiro atoms. The molecule has 1 nitrogen and oxygen atoms in total. The van der Waals surface area contributed by atoms with Crippen molar-refractivity contribution in [2.45, 2.75) is 18.3 Å². The lowest BCUT2D eigenvalue weighted by Crippen LogP contribution is -2.28. The van der Waals surface area contributed by atoms with Crippen molar-refractivity contribution in [3.8, 4) is 55.6 Å². The number of nitrogens with zero attached hydrogens (tertiary/aromatic N) is 1. The fourth-order valence-corrected chi connectivity index (χ4v) is 10.5. The summed E-state index contributed by atoms with van der Waals surface area (Å²) in [4.78, 5) is 2.45. The number of anilines is 3. The van der Waals surface area contributed by atoms with Crippen molar-refractivity contribution < 1.29 is 0 Å². The molecule has 0 heterocycles. The first kappa shape index (κ1) is 34.6. The zero-order valence-corrected chi connectivity index (χ0v) is 33.2. The van der Waals surface area contributed by atoms with E-state index >= 15 is 0 Å². The maximum Gasteiger partial charge on any atom is 0.0732 e. The molecular weight excluding hydrogens is 723 g/mol. The molecule has 0 N–H and O–H groups in total. The molecule has 0 aromatic heterocycles. The Morgan fingerprint density at radius 2 is 0.850 bits per heavy atom. The highest BCUT2D eigenvalue weighted by Gasteiger charge is 2.53. The van der Waals surface area contributed by atoms with Crippen LogP contribution in [0.15, 0.2) is 218 Å². The van der Waals surface area contributed by atoms with Gasteiger partial charge in [-0.1, -0.05) is 182 Å². The lowest BCUT2D eigenvalue weighted by atomic mass is 9.67. The minimum absolute atomic E-state index is 0.510. The zero-order valence-electron chi connectivity index (χ0n) is 33.2. The Kier molecular flexibility index (Phi) is 7.96. The predicted octanol–water partition coefficient (Wildman–Crippen LogP) is 15.5. The fraction of sp³-hybridized carbons (Fsp3) is 0.0508. The van der Waals surface area contributed by atoms with Crippen molar-refractivity contribution in [3.05, 3.63) is 252 Å². The Morgan fingerprint density at radius 1 is 0.367 bits per heavy atom. The van der Waals surface area contributed by atoms with Crippen LogP contribution < -0.4 is 4.90 Å². The van der Waals surface area contributed by atoms with E-state index in [1.165, 1.54) is 89.0 Å². The molecule has 282 valence electrons. The van der Waals surface area contributed by atoms with E-state index in [0.29, 0.717) is 0 Å². The third-order valence-electron chi connectivity index (χ3n) is 13.1. The second-order valence-electron chi connectivity index (χ2n) is 16.3. The zero-order chi connectivity index (χ0) is 39.6. The van der Waals surface area contributed by atoms with Crippen molar-refractivity contribution in [1.82, 2.24) is 0 Å². The molecule has 0 fully saturated rings. The predicted molar refractivity (Wildman–Crippen MR) is 251 cm³/mol. The van der Waals surface area contributed by atoms with Gasteiger partial charge in [0.25, 0.3) is 0 Å². The molecule has 0 aliphatic heterocycles. The van der Waals surface area contributed by atoms with Crippen molar-refractivity contribution in [3.63, 3.8) is 0 Å². The number of rotatable bonds is 6. The van der Waals surface area contributed by atoms with Gasteiger partial charge < -0.3 is 4.90 Å². The van der Waals surface area contributed by atoms with Crippen LogP contribution >= 0.6 is 0 Å². The van der Waals surface area contributed by atoms with E-state index in [4.69, 9.17) is 0 Å². The molecular formula is C59H41N. The average Bonchev–Trinajstić information content (AvgIpc) is 3.80. The molecule has 0 saturated heterocycles. The quantitative estimate of drug-likeness (QED) is 0.163. The molecule has 0 saturated carbocycles. The molecule has 9 aromatic rings. The molecule has 0 atom stereocenters. The van der Waals surface area contributed by atoms with Gasteiger partial charge in [0.15, 0.2) is 0 Å². The molecule has 3 aliphatic carbocycles. The van der Waals surface area contributed by atoms with Gasteiger partial charge in [-0.15, -0.1) is 0 Å². The van der Waals surface area contributed by atoms with Crippen LogP contribution in [0.3, 0.4) is 0 Å². The molecule has 9 aromatic carbocycles. The highest BCUT2D eigenvalue weighted by molar-refractivity contribution is 6.03. The molecule has 0 amide bonds. The summed E-state index contributed by atoms with van der Waals surface area (Å²) in [5.74, 6) is 0. The monoisotopic (exact) mass is 763 g/mol. The molecule has 1 heteroatoms. The fourth-order valence-electron chi connectivity index (χ4n) is 10.5. The summed E-state index contributed by atoms with van der Waals surface area (Å²) < 4.78 is 0. The lowest BCUT2D eigenvalue weighted by molar-refractivity contribution is 0.786. The van der Waals surface area contributed by atoms with Gasteiger partial charge in [0.1, 0.15) is 0 Å². The Hall–Kier alpha value is -7.48. The van der Waals surface area contributed by atoms with Crippen molar-refractivity contribution in [2.24, 2.45) is 0 Å². The van der Waals surface area contributed by atoms with E-state index in [9.17, 15) is 0 Å². The second kappa shape index (κ2) is 13.8. The first-order chi connectivity index (χ1) is 29.8. The molecule has 0 bridgehead atoms. The van der Waals surface area contributed by atoms with Gasteiger partial charge in [-0.05, 0) is 144 Å². The average molecular weight is 764 g/mol. The Morgan fingerprint density at radius 3 is 1.42 bits per heavy atom. The van der Waals surface area contributed by atoms with Crippen LogP contribution in [0, 0.1) is 0 Å². The maximum absolute atomic E-state index is 2.53. The van der Waals surface area contributed by atoms with Gasteiger partial charge in [0.2, 0.25) is 0 Å². The highest BCUT2D eigenvalue weighted by Crippen LogP contribution is 2.66. The molecule has 12 rings (SSSR count). The normalized spacial score (nSPS) is 13.6. The van der Waals surface area contributed by atoms with Crippen molar-refractivity contribution >= 4 is 23.1 Å². The van der Waals surface area contributed by atoms with Gasteiger partial charge in [-0.2, -0.15) is 0 Å². The number of allylic oxidation sites excluding steroid dienone is 1. The van der Waals surface area contributed by atoms with Crippen LogP contribution in [0.5, 0.6) is 0 Å². The Labute approximate surface area is 352 Å². The maximum atomic E-state index is 2.53. The summed E-state index contributed by atoms with van der Waals surface area (Å²) in [5.41, 5.74) is 23.9. The molecule has 3 aliphatic rings. The van der Waals surface area contributed by atoms with Crippen LogP contribution in [0.4, 0.5) is 17.1 Å². The molecule has 0 unspecified atom stereocenters. The van der Waals surface area contributed by atoms with Gasteiger partial charge in [0, 0.05) is 17.1 Å². The minimum atomic E-state index is -0.510. The van der Waals surface area contributed by atoms with E-state index in [1.807, 2.05) is 0 Å². The number of hydrogen-bond acceptors (Lipinski definition) is 1. The second-order valence-corrected chi connectivity index (χ2v) is 16.3. The number of fused-ring (bicyclic) bond motifs is 12. The Bertz CT molecular complexity index is 2980. The first-order valence-electron chi connectivity index (χ1n) is 21.1. The van der Waals surface area contributed by atoms with Crippen LogP contribution in [0.25, 0.3) is 61.7 Å². The summed E-state index contributed by atoms with van der Waals surface area (Å²) in [7, 11) is 0. The van der Waals surface area contributed by atoms with Crippen LogP contribution in [0.1, 0.15) is 39.8 Å². The molecule has 60 heavy (non-hydrogen) atoms. The van der Waals surface area contributed by atoms with Crippen LogP contribution in [-0.4, -0.2) is 0 Å². The van der Waals surface area contributed by atoms with Crippen LogP contribution in [-0.2, 0) is 11.8 Å². The van der Waals surface area contributed by atoms with Crippen molar-refractivity contribution in [1.29, 1.82) is 0 Å². The largest absolute Gasteiger partial charge is 0.310 e. The summed E-state index contributed by atoms with van der Waals surface area (Å²) in [5, 5.41) is 0. The van der Waals surface area contributed by atoms with Crippen LogP contribution in [0.2, 0.25) is 0 Å².